The number of rotatable bonds is 2. The molecule has 5 heteroatoms. The van der Waals surface area contributed by atoms with Crippen LogP contribution in [0.5, 0.6) is 0 Å². The van der Waals surface area contributed by atoms with Crippen molar-refractivity contribution >= 4 is 11.8 Å². The van der Waals surface area contributed by atoms with Crippen molar-refractivity contribution in [2.75, 3.05) is 20.1 Å². The lowest BCUT2D eigenvalue weighted by Crippen LogP contribution is -2.53. The maximum atomic E-state index is 13.0. The molecule has 3 aliphatic rings. The smallest absolute Gasteiger partial charge is 0.227 e. The van der Waals surface area contributed by atoms with Crippen molar-refractivity contribution in [2.45, 2.75) is 77.4 Å². The van der Waals surface area contributed by atoms with Crippen molar-refractivity contribution in [3.05, 3.63) is 0 Å². The van der Waals surface area contributed by atoms with Crippen LogP contribution in [0.4, 0.5) is 0 Å². The van der Waals surface area contributed by atoms with Gasteiger partial charge in [-0.1, -0.05) is 20.8 Å². The SMILES string of the molecule is CN(C(=O)C1CCCN(C(=O)C(C)(C)C)C1)C1CC2CCC(C1)N2. The van der Waals surface area contributed by atoms with Crippen LogP contribution < -0.4 is 5.32 Å². The molecule has 0 saturated carbocycles. The summed E-state index contributed by atoms with van der Waals surface area (Å²) in [6.07, 6.45) is 6.51. The summed E-state index contributed by atoms with van der Waals surface area (Å²) >= 11 is 0. The van der Waals surface area contributed by atoms with Gasteiger partial charge in [-0.05, 0) is 38.5 Å². The molecular formula is C19H33N3O2. The Hall–Kier alpha value is -1.10. The Kier molecular flexibility index (Phi) is 4.92. The highest BCUT2D eigenvalue weighted by molar-refractivity contribution is 5.84. The fourth-order valence-electron chi connectivity index (χ4n) is 4.65. The lowest BCUT2D eigenvalue weighted by atomic mass is 9.90. The van der Waals surface area contributed by atoms with E-state index in [1.807, 2.05) is 37.6 Å². The second kappa shape index (κ2) is 6.66. The third-order valence-electron chi connectivity index (χ3n) is 6.04. The van der Waals surface area contributed by atoms with Crippen LogP contribution in [0.1, 0.15) is 59.3 Å². The summed E-state index contributed by atoms with van der Waals surface area (Å²) in [5.41, 5.74) is -0.370. The summed E-state index contributed by atoms with van der Waals surface area (Å²) in [5.74, 6) is 0.387. The first-order chi connectivity index (χ1) is 11.3. The van der Waals surface area contributed by atoms with Crippen LogP contribution in [-0.2, 0) is 9.59 Å². The first kappa shape index (κ1) is 17.7. The van der Waals surface area contributed by atoms with E-state index in [-0.39, 0.29) is 23.1 Å². The molecule has 3 atom stereocenters. The number of likely N-dealkylation sites (tertiary alicyclic amines) is 1. The third kappa shape index (κ3) is 3.61. The Bertz CT molecular complexity index is 487. The summed E-state index contributed by atoms with van der Waals surface area (Å²) in [7, 11) is 1.97. The highest BCUT2D eigenvalue weighted by Crippen LogP contribution is 2.31. The normalized spacial score (nSPS) is 33.4. The molecule has 3 heterocycles. The molecule has 1 N–H and O–H groups in total. The zero-order valence-corrected chi connectivity index (χ0v) is 15.7. The summed E-state index contributed by atoms with van der Waals surface area (Å²) in [5, 5.41) is 3.64. The molecule has 0 radical (unpaired) electrons. The van der Waals surface area contributed by atoms with Crippen LogP contribution in [0.3, 0.4) is 0 Å². The van der Waals surface area contributed by atoms with Gasteiger partial charge in [-0.15, -0.1) is 0 Å². The summed E-state index contributed by atoms with van der Waals surface area (Å²) in [6.45, 7) is 7.26. The van der Waals surface area contributed by atoms with E-state index in [1.165, 1.54) is 12.8 Å². The predicted octanol–water partition coefficient (Wildman–Crippen LogP) is 2.01. The number of amides is 2. The highest BCUT2D eigenvalue weighted by Gasteiger charge is 2.39. The van der Waals surface area contributed by atoms with Crippen LogP contribution >= 0.6 is 0 Å². The average Bonchev–Trinajstić information content (AvgIpc) is 2.90. The minimum Gasteiger partial charge on any atom is -0.342 e. The third-order valence-corrected chi connectivity index (χ3v) is 6.04. The van der Waals surface area contributed by atoms with Crippen LogP contribution in [0.2, 0.25) is 0 Å². The van der Waals surface area contributed by atoms with Gasteiger partial charge < -0.3 is 15.1 Å². The molecule has 5 nitrogen and oxygen atoms in total. The van der Waals surface area contributed by atoms with Crippen molar-refractivity contribution in [2.24, 2.45) is 11.3 Å². The van der Waals surface area contributed by atoms with E-state index in [4.69, 9.17) is 0 Å². The molecule has 2 bridgehead atoms. The molecule has 0 aromatic carbocycles. The Morgan fingerprint density at radius 1 is 1.08 bits per heavy atom. The fraction of sp³-hybridized carbons (Fsp3) is 0.895. The maximum Gasteiger partial charge on any atom is 0.227 e. The standard InChI is InChI=1S/C19H33N3O2/c1-19(2,3)18(24)22-9-5-6-13(12-22)17(23)21(4)16-10-14-7-8-15(11-16)20-14/h13-16,20H,5-12H2,1-4H3. The number of hydrogen-bond acceptors (Lipinski definition) is 3. The van der Waals surface area contributed by atoms with Gasteiger partial charge in [0.25, 0.3) is 0 Å². The lowest BCUT2D eigenvalue weighted by Gasteiger charge is -2.40. The van der Waals surface area contributed by atoms with Gasteiger partial charge in [-0.2, -0.15) is 0 Å². The number of carbonyl (C=O) groups is 2. The minimum absolute atomic E-state index is 0.0254. The maximum absolute atomic E-state index is 13.0. The molecule has 3 unspecified atom stereocenters. The number of nitrogens with zero attached hydrogens (tertiary/aromatic N) is 2. The van der Waals surface area contributed by atoms with E-state index < -0.39 is 0 Å². The Labute approximate surface area is 146 Å². The Balaban J connectivity index is 1.60. The molecule has 0 aliphatic carbocycles. The molecule has 136 valence electrons. The van der Waals surface area contributed by atoms with Gasteiger partial charge in [0.05, 0.1) is 5.92 Å². The van der Waals surface area contributed by atoms with E-state index in [0.29, 0.717) is 24.7 Å². The number of piperidine rings is 2. The Morgan fingerprint density at radius 2 is 1.71 bits per heavy atom. The molecule has 0 spiro atoms. The van der Waals surface area contributed by atoms with Gasteiger partial charge in [-0.3, -0.25) is 9.59 Å². The van der Waals surface area contributed by atoms with E-state index in [0.717, 1.165) is 32.2 Å². The van der Waals surface area contributed by atoms with Crippen molar-refractivity contribution in [3.8, 4) is 0 Å². The van der Waals surface area contributed by atoms with Gasteiger partial charge >= 0.3 is 0 Å². The molecule has 3 aliphatic heterocycles. The lowest BCUT2D eigenvalue weighted by molar-refractivity contribution is -0.146. The molecule has 3 rings (SSSR count). The second-order valence-corrected chi connectivity index (χ2v) is 9.05. The number of carbonyl (C=O) groups excluding carboxylic acids is 2. The van der Waals surface area contributed by atoms with E-state index in [1.54, 1.807) is 0 Å². The highest BCUT2D eigenvalue weighted by atomic mass is 16.2. The number of fused-ring (bicyclic) bond motifs is 2. The van der Waals surface area contributed by atoms with E-state index in [2.05, 4.69) is 5.32 Å². The molecule has 3 fully saturated rings. The summed E-state index contributed by atoms with van der Waals surface area (Å²) in [4.78, 5) is 29.5. The summed E-state index contributed by atoms with van der Waals surface area (Å²) < 4.78 is 0. The summed E-state index contributed by atoms with van der Waals surface area (Å²) in [6, 6.07) is 1.55. The Morgan fingerprint density at radius 3 is 2.29 bits per heavy atom. The van der Waals surface area contributed by atoms with Gasteiger partial charge in [0.2, 0.25) is 11.8 Å². The molecule has 24 heavy (non-hydrogen) atoms. The molecular weight excluding hydrogens is 302 g/mol. The van der Waals surface area contributed by atoms with Crippen LogP contribution in [-0.4, -0.2) is 59.9 Å². The average molecular weight is 335 g/mol. The zero-order chi connectivity index (χ0) is 17.5. The van der Waals surface area contributed by atoms with E-state index in [9.17, 15) is 9.59 Å². The van der Waals surface area contributed by atoms with Gasteiger partial charge in [-0.25, -0.2) is 0 Å². The van der Waals surface area contributed by atoms with Gasteiger partial charge in [0.1, 0.15) is 0 Å². The van der Waals surface area contributed by atoms with Gasteiger partial charge in [0, 0.05) is 43.7 Å². The molecule has 2 amide bonds. The predicted molar refractivity (Wildman–Crippen MR) is 94.5 cm³/mol. The second-order valence-electron chi connectivity index (χ2n) is 9.05. The molecule has 0 aromatic rings. The zero-order valence-electron chi connectivity index (χ0n) is 15.7. The van der Waals surface area contributed by atoms with Crippen molar-refractivity contribution in [1.29, 1.82) is 0 Å². The first-order valence-electron chi connectivity index (χ1n) is 9.58. The molecule has 3 saturated heterocycles. The quantitative estimate of drug-likeness (QED) is 0.840. The minimum atomic E-state index is -0.370. The van der Waals surface area contributed by atoms with Crippen LogP contribution in [0.15, 0.2) is 0 Å². The fourth-order valence-corrected chi connectivity index (χ4v) is 4.65. The number of hydrogen-bond donors (Lipinski definition) is 1. The van der Waals surface area contributed by atoms with Crippen LogP contribution in [0.25, 0.3) is 0 Å². The molecule has 0 aromatic heterocycles. The first-order valence-corrected chi connectivity index (χ1v) is 9.58. The number of nitrogens with one attached hydrogen (secondary N) is 1. The monoisotopic (exact) mass is 335 g/mol. The van der Waals surface area contributed by atoms with Crippen molar-refractivity contribution < 1.29 is 9.59 Å². The topological polar surface area (TPSA) is 52.7 Å². The van der Waals surface area contributed by atoms with Crippen LogP contribution in [0, 0.1) is 11.3 Å². The largest absolute Gasteiger partial charge is 0.342 e. The van der Waals surface area contributed by atoms with E-state index >= 15 is 0 Å². The van der Waals surface area contributed by atoms with Crippen molar-refractivity contribution in [3.63, 3.8) is 0 Å². The van der Waals surface area contributed by atoms with Gasteiger partial charge in [0.15, 0.2) is 0 Å². The van der Waals surface area contributed by atoms with Crippen molar-refractivity contribution in [1.82, 2.24) is 15.1 Å².